The van der Waals surface area contributed by atoms with Crippen molar-refractivity contribution in [2.75, 3.05) is 11.9 Å². The van der Waals surface area contributed by atoms with Crippen LogP contribution in [-0.4, -0.2) is 23.0 Å². The standard InChI is InChI=1S/C15H17N3O/c1-15(7-3-9-17-15)14(19)18-12-5-6-13-11(10-12)4-2-8-16-13/h2,4-6,8,10,17H,3,7,9H2,1H3,(H,18,19). The molecule has 1 aromatic heterocycles. The minimum absolute atomic E-state index is 0.0354. The van der Waals surface area contributed by atoms with Crippen molar-refractivity contribution >= 4 is 22.5 Å². The number of amides is 1. The van der Waals surface area contributed by atoms with Crippen molar-refractivity contribution in [1.82, 2.24) is 10.3 Å². The molecule has 0 radical (unpaired) electrons. The molecule has 0 aliphatic carbocycles. The monoisotopic (exact) mass is 255 g/mol. The molecule has 4 nitrogen and oxygen atoms in total. The molecule has 1 saturated heterocycles. The Balaban J connectivity index is 1.83. The van der Waals surface area contributed by atoms with Crippen LogP contribution < -0.4 is 10.6 Å². The zero-order chi connectivity index (χ0) is 13.3. The molecule has 1 atom stereocenters. The van der Waals surface area contributed by atoms with Gasteiger partial charge in [0.05, 0.1) is 11.1 Å². The van der Waals surface area contributed by atoms with Crippen LogP contribution in [0, 0.1) is 0 Å². The molecule has 1 fully saturated rings. The lowest BCUT2D eigenvalue weighted by molar-refractivity contribution is -0.121. The number of rotatable bonds is 2. The summed E-state index contributed by atoms with van der Waals surface area (Å²) >= 11 is 0. The predicted octanol–water partition coefficient (Wildman–Crippen LogP) is 2.32. The van der Waals surface area contributed by atoms with Crippen LogP contribution in [0.5, 0.6) is 0 Å². The lowest BCUT2D eigenvalue weighted by Gasteiger charge is -2.23. The van der Waals surface area contributed by atoms with E-state index in [1.54, 1.807) is 6.20 Å². The summed E-state index contributed by atoms with van der Waals surface area (Å²) in [7, 11) is 0. The number of carbonyl (C=O) groups excluding carboxylic acids is 1. The molecule has 0 saturated carbocycles. The van der Waals surface area contributed by atoms with E-state index in [0.717, 1.165) is 36.0 Å². The number of nitrogens with zero attached hydrogens (tertiary/aromatic N) is 1. The van der Waals surface area contributed by atoms with E-state index in [1.807, 2.05) is 37.3 Å². The topological polar surface area (TPSA) is 54.0 Å². The van der Waals surface area contributed by atoms with Gasteiger partial charge in [-0.1, -0.05) is 6.07 Å². The highest BCUT2D eigenvalue weighted by molar-refractivity contribution is 5.99. The Morgan fingerprint density at radius 2 is 2.32 bits per heavy atom. The average molecular weight is 255 g/mol. The first kappa shape index (κ1) is 12.1. The first-order valence-electron chi connectivity index (χ1n) is 6.59. The Labute approximate surface area is 112 Å². The molecule has 1 aromatic carbocycles. The number of carbonyl (C=O) groups is 1. The maximum absolute atomic E-state index is 12.3. The third kappa shape index (κ3) is 2.31. The van der Waals surface area contributed by atoms with Crippen LogP contribution in [0.2, 0.25) is 0 Å². The first-order chi connectivity index (χ1) is 9.17. The molecule has 1 unspecified atom stereocenters. The molecular weight excluding hydrogens is 238 g/mol. The molecule has 1 amide bonds. The van der Waals surface area contributed by atoms with Crippen molar-refractivity contribution in [2.24, 2.45) is 0 Å². The van der Waals surface area contributed by atoms with Crippen LogP contribution in [0.4, 0.5) is 5.69 Å². The van der Waals surface area contributed by atoms with E-state index < -0.39 is 5.54 Å². The summed E-state index contributed by atoms with van der Waals surface area (Å²) in [6, 6.07) is 9.67. The Kier molecular flexibility index (Phi) is 2.95. The molecule has 1 aliphatic rings. The van der Waals surface area contributed by atoms with E-state index in [4.69, 9.17) is 0 Å². The van der Waals surface area contributed by atoms with Crippen molar-refractivity contribution in [1.29, 1.82) is 0 Å². The van der Waals surface area contributed by atoms with Gasteiger partial charge in [-0.2, -0.15) is 0 Å². The fraction of sp³-hybridized carbons (Fsp3) is 0.333. The second-order valence-corrected chi connectivity index (χ2v) is 5.23. The molecule has 2 N–H and O–H groups in total. The van der Waals surface area contributed by atoms with Crippen molar-refractivity contribution in [3.63, 3.8) is 0 Å². The van der Waals surface area contributed by atoms with E-state index >= 15 is 0 Å². The van der Waals surface area contributed by atoms with Crippen molar-refractivity contribution < 1.29 is 4.79 Å². The normalized spacial score (nSPS) is 22.6. The van der Waals surface area contributed by atoms with E-state index in [0.29, 0.717) is 0 Å². The van der Waals surface area contributed by atoms with Crippen LogP contribution in [-0.2, 0) is 4.79 Å². The summed E-state index contributed by atoms with van der Waals surface area (Å²) in [5.74, 6) is 0.0354. The van der Waals surface area contributed by atoms with Crippen molar-refractivity contribution in [2.45, 2.75) is 25.3 Å². The van der Waals surface area contributed by atoms with Gasteiger partial charge in [-0.05, 0) is 50.6 Å². The number of anilines is 1. The van der Waals surface area contributed by atoms with Gasteiger partial charge in [0.25, 0.3) is 0 Å². The molecule has 2 heterocycles. The number of benzene rings is 1. The fourth-order valence-electron chi connectivity index (χ4n) is 2.51. The summed E-state index contributed by atoms with van der Waals surface area (Å²) in [6.45, 7) is 2.86. The zero-order valence-electron chi connectivity index (χ0n) is 10.9. The van der Waals surface area contributed by atoms with Gasteiger partial charge in [0, 0.05) is 17.3 Å². The lowest BCUT2D eigenvalue weighted by atomic mass is 9.99. The number of nitrogens with one attached hydrogen (secondary N) is 2. The van der Waals surface area contributed by atoms with Crippen molar-refractivity contribution in [3.05, 3.63) is 36.5 Å². The Morgan fingerprint density at radius 3 is 3.11 bits per heavy atom. The van der Waals surface area contributed by atoms with Gasteiger partial charge in [-0.25, -0.2) is 0 Å². The highest BCUT2D eigenvalue weighted by Crippen LogP contribution is 2.22. The van der Waals surface area contributed by atoms with Gasteiger partial charge in [0.15, 0.2) is 0 Å². The fourth-order valence-corrected chi connectivity index (χ4v) is 2.51. The smallest absolute Gasteiger partial charge is 0.244 e. The number of aromatic nitrogens is 1. The van der Waals surface area contributed by atoms with Gasteiger partial charge in [-0.3, -0.25) is 9.78 Å². The Morgan fingerprint density at radius 1 is 1.42 bits per heavy atom. The number of fused-ring (bicyclic) bond motifs is 1. The van der Waals surface area contributed by atoms with Gasteiger partial charge < -0.3 is 10.6 Å². The van der Waals surface area contributed by atoms with Crippen LogP contribution in [0.25, 0.3) is 10.9 Å². The zero-order valence-corrected chi connectivity index (χ0v) is 10.9. The molecule has 0 bridgehead atoms. The second-order valence-electron chi connectivity index (χ2n) is 5.23. The summed E-state index contributed by atoms with van der Waals surface area (Å²) in [5.41, 5.74) is 1.32. The van der Waals surface area contributed by atoms with E-state index in [2.05, 4.69) is 15.6 Å². The summed E-state index contributed by atoms with van der Waals surface area (Å²) in [4.78, 5) is 16.6. The van der Waals surface area contributed by atoms with Gasteiger partial charge in [0.2, 0.25) is 5.91 Å². The SMILES string of the molecule is CC1(C(=O)Nc2ccc3ncccc3c2)CCCN1. The highest BCUT2D eigenvalue weighted by Gasteiger charge is 2.35. The van der Waals surface area contributed by atoms with E-state index in [9.17, 15) is 4.79 Å². The highest BCUT2D eigenvalue weighted by atomic mass is 16.2. The molecule has 4 heteroatoms. The lowest BCUT2D eigenvalue weighted by Crippen LogP contribution is -2.47. The molecule has 0 spiro atoms. The molecule has 2 aromatic rings. The Bertz CT molecular complexity index is 618. The summed E-state index contributed by atoms with van der Waals surface area (Å²) < 4.78 is 0. The quantitative estimate of drug-likeness (QED) is 0.866. The van der Waals surface area contributed by atoms with E-state index in [1.165, 1.54) is 0 Å². The molecule has 1 aliphatic heterocycles. The molecule has 19 heavy (non-hydrogen) atoms. The van der Waals surface area contributed by atoms with Crippen LogP contribution in [0.3, 0.4) is 0 Å². The molecule has 3 rings (SSSR count). The van der Waals surface area contributed by atoms with Crippen LogP contribution >= 0.6 is 0 Å². The predicted molar refractivity (Wildman–Crippen MR) is 76.0 cm³/mol. The molecular formula is C15H17N3O. The van der Waals surface area contributed by atoms with Crippen LogP contribution in [0.15, 0.2) is 36.5 Å². The second kappa shape index (κ2) is 4.63. The third-order valence-corrected chi connectivity index (χ3v) is 3.73. The summed E-state index contributed by atoms with van der Waals surface area (Å²) in [6.07, 6.45) is 3.70. The maximum Gasteiger partial charge on any atom is 0.244 e. The summed E-state index contributed by atoms with van der Waals surface area (Å²) in [5, 5.41) is 7.29. The van der Waals surface area contributed by atoms with Crippen LogP contribution in [0.1, 0.15) is 19.8 Å². The minimum Gasteiger partial charge on any atom is -0.324 e. The number of hydrogen-bond acceptors (Lipinski definition) is 3. The number of hydrogen-bond donors (Lipinski definition) is 2. The van der Waals surface area contributed by atoms with E-state index in [-0.39, 0.29) is 5.91 Å². The minimum atomic E-state index is -0.441. The van der Waals surface area contributed by atoms with Gasteiger partial charge in [0.1, 0.15) is 0 Å². The maximum atomic E-state index is 12.3. The number of pyridine rings is 1. The third-order valence-electron chi connectivity index (χ3n) is 3.73. The Hall–Kier alpha value is -1.94. The first-order valence-corrected chi connectivity index (χ1v) is 6.59. The van der Waals surface area contributed by atoms with Crippen molar-refractivity contribution in [3.8, 4) is 0 Å². The largest absolute Gasteiger partial charge is 0.324 e. The molecule has 98 valence electrons. The average Bonchev–Trinajstić information content (AvgIpc) is 2.87. The van der Waals surface area contributed by atoms with Gasteiger partial charge >= 0.3 is 0 Å². The van der Waals surface area contributed by atoms with Gasteiger partial charge in [-0.15, -0.1) is 0 Å².